The lowest BCUT2D eigenvalue weighted by Crippen LogP contribution is -2.32. The van der Waals surface area contributed by atoms with Gasteiger partial charge in [-0.25, -0.2) is 0 Å². The van der Waals surface area contributed by atoms with Crippen LogP contribution in [0.1, 0.15) is 32.3 Å². The van der Waals surface area contributed by atoms with Crippen LogP contribution in [0.15, 0.2) is 22.7 Å². The molecule has 1 fully saturated rings. The average Bonchev–Trinajstić information content (AvgIpc) is 3.10. The number of nitrogens with two attached hydrogens (primary N) is 1. The first-order chi connectivity index (χ1) is 8.49. The van der Waals surface area contributed by atoms with Gasteiger partial charge in [-0.15, -0.1) is 0 Å². The molecule has 18 heavy (non-hydrogen) atoms. The third-order valence-corrected chi connectivity index (χ3v) is 4.37. The van der Waals surface area contributed by atoms with Crippen molar-refractivity contribution in [1.82, 2.24) is 0 Å². The van der Waals surface area contributed by atoms with Crippen molar-refractivity contribution < 1.29 is 0 Å². The third-order valence-electron chi connectivity index (χ3n) is 3.88. The van der Waals surface area contributed by atoms with E-state index < -0.39 is 0 Å². The Morgan fingerprint density at radius 1 is 1.39 bits per heavy atom. The van der Waals surface area contributed by atoms with Crippen LogP contribution >= 0.6 is 15.9 Å². The Bertz CT molecular complexity index is 413. The van der Waals surface area contributed by atoms with Gasteiger partial charge in [-0.1, -0.05) is 15.9 Å². The summed E-state index contributed by atoms with van der Waals surface area (Å²) < 4.78 is 1.13. The average molecular weight is 311 g/mol. The maximum absolute atomic E-state index is 5.96. The minimum absolute atomic E-state index is 0.197. The van der Waals surface area contributed by atoms with Crippen molar-refractivity contribution in [3.63, 3.8) is 0 Å². The van der Waals surface area contributed by atoms with Crippen LogP contribution in [0.4, 0.5) is 5.69 Å². The second-order valence-corrected chi connectivity index (χ2v) is 6.56. The number of hydrogen-bond donors (Lipinski definition) is 1. The fourth-order valence-corrected chi connectivity index (χ4v) is 2.93. The smallest absolute Gasteiger partial charge is 0.0400 e. The molecule has 0 heterocycles. The van der Waals surface area contributed by atoms with Crippen molar-refractivity contribution in [2.24, 2.45) is 11.7 Å². The highest BCUT2D eigenvalue weighted by molar-refractivity contribution is 9.10. The minimum atomic E-state index is 0.197. The molecule has 0 saturated heterocycles. The second-order valence-electron chi connectivity index (χ2n) is 5.64. The zero-order valence-electron chi connectivity index (χ0n) is 11.5. The number of rotatable bonds is 5. The summed E-state index contributed by atoms with van der Waals surface area (Å²) in [4.78, 5) is 2.42. The van der Waals surface area contributed by atoms with E-state index in [4.69, 9.17) is 5.73 Å². The molecular formula is C15H23BrN2. The van der Waals surface area contributed by atoms with E-state index in [1.54, 1.807) is 0 Å². The third kappa shape index (κ3) is 3.27. The lowest BCUT2D eigenvalue weighted by molar-refractivity contribution is 0.605. The number of halogens is 1. The molecule has 2 atom stereocenters. The molecule has 2 unspecified atom stereocenters. The summed E-state index contributed by atoms with van der Waals surface area (Å²) in [5.41, 5.74) is 8.63. The van der Waals surface area contributed by atoms with Crippen LogP contribution in [0, 0.1) is 5.92 Å². The van der Waals surface area contributed by atoms with Gasteiger partial charge in [-0.05, 0) is 62.8 Å². The lowest BCUT2D eigenvalue weighted by Gasteiger charge is -2.29. The predicted octanol–water partition coefficient (Wildman–Crippen LogP) is 3.57. The van der Waals surface area contributed by atoms with Crippen molar-refractivity contribution in [3.05, 3.63) is 28.2 Å². The molecule has 1 aromatic carbocycles. The highest BCUT2D eigenvalue weighted by Crippen LogP contribution is 2.37. The molecule has 0 spiro atoms. The molecule has 2 nitrogen and oxygen atoms in total. The topological polar surface area (TPSA) is 29.3 Å². The molecule has 1 aliphatic carbocycles. The fourth-order valence-electron chi connectivity index (χ4n) is 2.52. The standard InChI is InChI=1S/C15H23BrN2/c1-10(17)8-13-9-14(16)6-7-15(13)18(3)11(2)12-4-5-12/h6-7,9-12H,4-5,8,17H2,1-3H3. The molecule has 100 valence electrons. The van der Waals surface area contributed by atoms with E-state index in [1.807, 2.05) is 0 Å². The van der Waals surface area contributed by atoms with Crippen LogP contribution in [-0.4, -0.2) is 19.1 Å². The Balaban J connectivity index is 2.24. The first-order valence-electron chi connectivity index (χ1n) is 6.76. The van der Waals surface area contributed by atoms with Crippen LogP contribution in [0.2, 0.25) is 0 Å². The molecule has 0 aromatic heterocycles. The van der Waals surface area contributed by atoms with Gasteiger partial charge in [-0.3, -0.25) is 0 Å². The van der Waals surface area contributed by atoms with E-state index in [0.29, 0.717) is 6.04 Å². The Morgan fingerprint density at radius 2 is 2.06 bits per heavy atom. The summed E-state index contributed by atoms with van der Waals surface area (Å²) in [6, 6.07) is 7.35. The van der Waals surface area contributed by atoms with E-state index in [-0.39, 0.29) is 6.04 Å². The summed E-state index contributed by atoms with van der Waals surface area (Å²) in [7, 11) is 2.21. The van der Waals surface area contributed by atoms with Gasteiger partial charge in [0.05, 0.1) is 0 Å². The van der Waals surface area contributed by atoms with E-state index in [1.165, 1.54) is 24.1 Å². The van der Waals surface area contributed by atoms with E-state index in [0.717, 1.165) is 16.8 Å². The number of nitrogens with zero attached hydrogens (tertiary/aromatic N) is 1. The Labute approximate surface area is 119 Å². The van der Waals surface area contributed by atoms with Gasteiger partial charge >= 0.3 is 0 Å². The van der Waals surface area contributed by atoms with Gasteiger partial charge in [0.1, 0.15) is 0 Å². The second kappa shape index (κ2) is 5.62. The molecule has 3 heteroatoms. The lowest BCUT2D eigenvalue weighted by atomic mass is 10.0. The van der Waals surface area contributed by atoms with Crippen LogP contribution < -0.4 is 10.6 Å². The summed E-state index contributed by atoms with van der Waals surface area (Å²) in [6.07, 6.45) is 3.69. The first kappa shape index (κ1) is 13.9. The molecule has 1 aliphatic rings. The molecule has 0 aliphatic heterocycles. The molecule has 0 radical (unpaired) electrons. The van der Waals surface area contributed by atoms with Gasteiger partial charge in [0.25, 0.3) is 0 Å². The monoisotopic (exact) mass is 310 g/mol. The van der Waals surface area contributed by atoms with Crippen LogP contribution in [0.5, 0.6) is 0 Å². The molecule has 0 bridgehead atoms. The summed E-state index contributed by atoms with van der Waals surface area (Å²) in [5, 5.41) is 0. The molecule has 1 aromatic rings. The quantitative estimate of drug-likeness (QED) is 0.901. The summed E-state index contributed by atoms with van der Waals surface area (Å²) in [5.74, 6) is 0.877. The van der Waals surface area contributed by atoms with Crippen molar-refractivity contribution in [2.75, 3.05) is 11.9 Å². The maximum atomic E-state index is 5.96. The Morgan fingerprint density at radius 3 is 2.61 bits per heavy atom. The van der Waals surface area contributed by atoms with Crippen LogP contribution in [-0.2, 0) is 6.42 Å². The van der Waals surface area contributed by atoms with Gasteiger partial charge in [-0.2, -0.15) is 0 Å². The zero-order chi connectivity index (χ0) is 13.3. The molecule has 2 rings (SSSR count). The fraction of sp³-hybridized carbons (Fsp3) is 0.600. The summed E-state index contributed by atoms with van der Waals surface area (Å²) in [6.45, 7) is 4.39. The van der Waals surface area contributed by atoms with Gasteiger partial charge < -0.3 is 10.6 Å². The van der Waals surface area contributed by atoms with E-state index in [2.05, 4.69) is 59.9 Å². The largest absolute Gasteiger partial charge is 0.371 e. The number of hydrogen-bond acceptors (Lipinski definition) is 2. The van der Waals surface area contributed by atoms with Gasteiger partial charge in [0.2, 0.25) is 0 Å². The molecule has 1 saturated carbocycles. The zero-order valence-corrected chi connectivity index (χ0v) is 13.1. The maximum Gasteiger partial charge on any atom is 0.0400 e. The van der Waals surface area contributed by atoms with Crippen molar-refractivity contribution in [2.45, 2.75) is 45.2 Å². The Kier molecular flexibility index (Phi) is 4.33. The minimum Gasteiger partial charge on any atom is -0.371 e. The van der Waals surface area contributed by atoms with Crippen LogP contribution in [0.25, 0.3) is 0 Å². The normalized spacial score (nSPS) is 18.5. The highest BCUT2D eigenvalue weighted by Gasteiger charge is 2.31. The predicted molar refractivity (Wildman–Crippen MR) is 82.1 cm³/mol. The van der Waals surface area contributed by atoms with Gasteiger partial charge in [0, 0.05) is 29.3 Å². The van der Waals surface area contributed by atoms with Gasteiger partial charge in [0.15, 0.2) is 0 Å². The number of benzene rings is 1. The van der Waals surface area contributed by atoms with Crippen molar-refractivity contribution >= 4 is 21.6 Å². The number of anilines is 1. The summed E-state index contributed by atoms with van der Waals surface area (Å²) >= 11 is 3.55. The molecular weight excluding hydrogens is 288 g/mol. The SMILES string of the molecule is CC(N)Cc1cc(Br)ccc1N(C)C(C)C1CC1. The molecule has 2 N–H and O–H groups in total. The van der Waals surface area contributed by atoms with Crippen LogP contribution in [0.3, 0.4) is 0 Å². The van der Waals surface area contributed by atoms with Crippen molar-refractivity contribution in [1.29, 1.82) is 0 Å². The first-order valence-corrected chi connectivity index (χ1v) is 7.55. The molecule has 0 amide bonds. The van der Waals surface area contributed by atoms with E-state index >= 15 is 0 Å². The van der Waals surface area contributed by atoms with E-state index in [9.17, 15) is 0 Å². The Hall–Kier alpha value is -0.540. The van der Waals surface area contributed by atoms with Crippen molar-refractivity contribution in [3.8, 4) is 0 Å². The highest BCUT2D eigenvalue weighted by atomic mass is 79.9.